The number of carbonyl (C=O) groups excluding carboxylic acids is 1. The van der Waals surface area contributed by atoms with E-state index in [0.29, 0.717) is 23.3 Å². The van der Waals surface area contributed by atoms with Crippen LogP contribution in [0.4, 0.5) is 13.2 Å². The average molecular weight is 535 g/mol. The SMILES string of the molecule is O=C(CNC1NOc2ccc(OC(F)(F)F)cc21)NC1CN(C2CCC(c3ccc4c(c3)OCO4)CC2)C1. The molecule has 1 atom stereocenters. The first kappa shape index (κ1) is 25.1. The number of amides is 1. The number of nitrogens with one attached hydrogen (secondary N) is 3. The molecule has 1 unspecified atom stereocenters. The van der Waals surface area contributed by atoms with Gasteiger partial charge in [0.1, 0.15) is 11.9 Å². The fraction of sp³-hybridized carbons (Fsp3) is 0.500. The topological polar surface area (TPSA) is 93.3 Å². The van der Waals surface area contributed by atoms with Crippen LogP contribution in [0.2, 0.25) is 0 Å². The third kappa shape index (κ3) is 5.47. The van der Waals surface area contributed by atoms with Gasteiger partial charge in [-0.25, -0.2) is 0 Å². The molecule has 12 heteroatoms. The number of hydroxylamine groups is 1. The van der Waals surface area contributed by atoms with Crippen molar-refractivity contribution in [3.8, 4) is 23.0 Å². The summed E-state index contributed by atoms with van der Waals surface area (Å²) in [4.78, 5) is 20.2. The maximum Gasteiger partial charge on any atom is 0.573 e. The fourth-order valence-electron chi connectivity index (χ4n) is 5.70. The van der Waals surface area contributed by atoms with E-state index in [2.05, 4.69) is 37.9 Å². The minimum Gasteiger partial charge on any atom is -0.454 e. The number of hydrogen-bond acceptors (Lipinski definition) is 8. The average Bonchev–Trinajstić information content (AvgIpc) is 3.50. The van der Waals surface area contributed by atoms with Crippen LogP contribution in [-0.4, -0.2) is 55.7 Å². The molecule has 38 heavy (non-hydrogen) atoms. The fourth-order valence-corrected chi connectivity index (χ4v) is 5.70. The first-order valence-corrected chi connectivity index (χ1v) is 12.8. The number of carbonyl (C=O) groups is 1. The van der Waals surface area contributed by atoms with E-state index in [1.165, 1.54) is 23.8 Å². The molecule has 1 amide bonds. The lowest BCUT2D eigenvalue weighted by Crippen LogP contribution is -2.63. The molecule has 0 aromatic heterocycles. The van der Waals surface area contributed by atoms with E-state index >= 15 is 0 Å². The van der Waals surface area contributed by atoms with Crippen LogP contribution >= 0.6 is 0 Å². The van der Waals surface area contributed by atoms with Crippen molar-refractivity contribution in [3.05, 3.63) is 47.5 Å². The van der Waals surface area contributed by atoms with Crippen molar-refractivity contribution < 1.29 is 37.0 Å². The van der Waals surface area contributed by atoms with Crippen molar-refractivity contribution in [1.82, 2.24) is 21.0 Å². The van der Waals surface area contributed by atoms with Crippen LogP contribution in [0.25, 0.3) is 0 Å². The van der Waals surface area contributed by atoms with E-state index in [9.17, 15) is 18.0 Å². The van der Waals surface area contributed by atoms with Crippen molar-refractivity contribution in [1.29, 1.82) is 0 Å². The molecule has 2 fully saturated rings. The number of fused-ring (bicyclic) bond motifs is 2. The van der Waals surface area contributed by atoms with E-state index in [0.717, 1.165) is 50.3 Å². The van der Waals surface area contributed by atoms with Crippen LogP contribution in [0.3, 0.4) is 0 Å². The molecule has 3 aliphatic heterocycles. The zero-order valence-corrected chi connectivity index (χ0v) is 20.6. The Hall–Kier alpha value is -3.22. The molecule has 0 bridgehead atoms. The zero-order chi connectivity index (χ0) is 26.3. The lowest BCUT2D eigenvalue weighted by atomic mass is 9.80. The van der Waals surface area contributed by atoms with Gasteiger partial charge in [0.25, 0.3) is 0 Å². The van der Waals surface area contributed by atoms with Gasteiger partial charge in [-0.2, -0.15) is 0 Å². The molecule has 0 spiro atoms. The van der Waals surface area contributed by atoms with Crippen LogP contribution in [-0.2, 0) is 4.79 Å². The molecule has 1 aliphatic carbocycles. The van der Waals surface area contributed by atoms with Crippen molar-refractivity contribution in [2.24, 2.45) is 0 Å². The van der Waals surface area contributed by atoms with Gasteiger partial charge in [-0.05, 0) is 67.5 Å². The zero-order valence-electron chi connectivity index (χ0n) is 20.6. The Labute approximate surface area is 217 Å². The summed E-state index contributed by atoms with van der Waals surface area (Å²) in [6, 6.07) is 10.7. The van der Waals surface area contributed by atoms with Gasteiger partial charge in [-0.15, -0.1) is 18.7 Å². The molecule has 6 rings (SSSR count). The standard InChI is InChI=1S/C26H29F3N4O5/c27-26(28,29)37-19-6-8-21-20(10-19)25(32-38-21)30-11-24(34)31-17-12-33(13-17)18-4-1-15(2-5-18)16-3-7-22-23(9-16)36-14-35-22/h3,6-10,15,17-18,25,30,32H,1-2,4-5,11-14H2,(H,31,34). The van der Waals surface area contributed by atoms with E-state index in [1.54, 1.807) is 0 Å². The Morgan fingerprint density at radius 2 is 1.79 bits per heavy atom. The summed E-state index contributed by atoms with van der Waals surface area (Å²) < 4.78 is 52.5. The van der Waals surface area contributed by atoms with Gasteiger partial charge in [0.2, 0.25) is 12.7 Å². The Kier molecular flexibility index (Phi) is 6.70. The van der Waals surface area contributed by atoms with Gasteiger partial charge < -0.3 is 24.4 Å². The van der Waals surface area contributed by atoms with E-state index in [1.807, 2.05) is 6.07 Å². The van der Waals surface area contributed by atoms with Gasteiger partial charge in [-0.1, -0.05) is 6.07 Å². The molecule has 4 aliphatic rings. The molecule has 2 aromatic rings. The lowest BCUT2D eigenvalue weighted by Gasteiger charge is -2.46. The predicted molar refractivity (Wildman–Crippen MR) is 129 cm³/mol. The molecular weight excluding hydrogens is 505 g/mol. The Morgan fingerprint density at radius 1 is 1.03 bits per heavy atom. The second-order valence-corrected chi connectivity index (χ2v) is 10.1. The summed E-state index contributed by atoms with van der Waals surface area (Å²) in [6.45, 7) is 1.91. The summed E-state index contributed by atoms with van der Waals surface area (Å²) in [5.74, 6) is 2.02. The Bertz CT molecular complexity index is 1180. The number of rotatable bonds is 7. The monoisotopic (exact) mass is 534 g/mol. The number of halogens is 3. The van der Waals surface area contributed by atoms with Crippen molar-refractivity contribution in [3.63, 3.8) is 0 Å². The minimum absolute atomic E-state index is 0.0119. The first-order chi connectivity index (χ1) is 18.3. The summed E-state index contributed by atoms with van der Waals surface area (Å²) in [5, 5.41) is 6.00. The molecule has 1 saturated heterocycles. The normalized spacial score (nSPS) is 24.9. The molecule has 2 aromatic carbocycles. The number of alkyl halides is 3. The molecular formula is C26H29F3N4O5. The highest BCUT2D eigenvalue weighted by Gasteiger charge is 2.36. The maximum absolute atomic E-state index is 12.5. The second kappa shape index (κ2) is 10.2. The number of hydrogen-bond donors (Lipinski definition) is 3. The van der Waals surface area contributed by atoms with E-state index in [4.69, 9.17) is 14.3 Å². The molecule has 0 radical (unpaired) electrons. The second-order valence-electron chi connectivity index (χ2n) is 10.1. The third-order valence-electron chi connectivity index (χ3n) is 7.64. The van der Waals surface area contributed by atoms with Crippen LogP contribution < -0.4 is 35.2 Å². The van der Waals surface area contributed by atoms with Gasteiger partial charge in [-0.3, -0.25) is 15.0 Å². The molecule has 9 nitrogen and oxygen atoms in total. The van der Waals surface area contributed by atoms with Crippen LogP contribution in [0.5, 0.6) is 23.0 Å². The quantitative estimate of drug-likeness (QED) is 0.499. The van der Waals surface area contributed by atoms with Crippen LogP contribution in [0.1, 0.15) is 48.9 Å². The van der Waals surface area contributed by atoms with Crippen molar-refractivity contribution >= 4 is 5.91 Å². The van der Waals surface area contributed by atoms with Gasteiger partial charge in [0.15, 0.2) is 17.2 Å². The van der Waals surface area contributed by atoms with Crippen LogP contribution in [0, 0.1) is 0 Å². The molecule has 3 N–H and O–H groups in total. The molecule has 3 heterocycles. The largest absolute Gasteiger partial charge is 0.573 e. The summed E-state index contributed by atoms with van der Waals surface area (Å²) in [5.41, 5.74) is 4.42. The number of nitrogens with zero attached hydrogens (tertiary/aromatic N) is 1. The number of ether oxygens (including phenoxy) is 3. The van der Waals surface area contributed by atoms with Gasteiger partial charge in [0.05, 0.1) is 12.6 Å². The van der Waals surface area contributed by atoms with Crippen LogP contribution in [0.15, 0.2) is 36.4 Å². The minimum atomic E-state index is -4.78. The lowest BCUT2D eigenvalue weighted by molar-refractivity contribution is -0.274. The summed E-state index contributed by atoms with van der Waals surface area (Å²) in [7, 11) is 0. The summed E-state index contributed by atoms with van der Waals surface area (Å²) in [6.07, 6.45) is -0.939. The van der Waals surface area contributed by atoms with Crippen molar-refractivity contribution in [2.75, 3.05) is 26.4 Å². The number of likely N-dealkylation sites (tertiary alicyclic amines) is 1. The van der Waals surface area contributed by atoms with E-state index < -0.39 is 12.5 Å². The smallest absolute Gasteiger partial charge is 0.454 e. The highest BCUT2D eigenvalue weighted by atomic mass is 19.4. The highest BCUT2D eigenvalue weighted by Crippen LogP contribution is 2.40. The maximum atomic E-state index is 12.5. The molecule has 204 valence electrons. The van der Waals surface area contributed by atoms with Gasteiger partial charge in [0, 0.05) is 24.7 Å². The Balaban J connectivity index is 0.918. The third-order valence-corrected chi connectivity index (χ3v) is 7.64. The van der Waals surface area contributed by atoms with Crippen molar-refractivity contribution in [2.45, 2.75) is 56.2 Å². The molecule has 1 saturated carbocycles. The number of benzene rings is 2. The van der Waals surface area contributed by atoms with Gasteiger partial charge >= 0.3 is 6.36 Å². The summed E-state index contributed by atoms with van der Waals surface area (Å²) >= 11 is 0. The van der Waals surface area contributed by atoms with E-state index in [-0.39, 0.29) is 31.0 Å². The highest BCUT2D eigenvalue weighted by molar-refractivity contribution is 5.78. The first-order valence-electron chi connectivity index (χ1n) is 12.8. The Morgan fingerprint density at radius 3 is 2.58 bits per heavy atom. The predicted octanol–water partition coefficient (Wildman–Crippen LogP) is 3.33.